The molecule has 5 heteroatoms. The highest BCUT2D eigenvalue weighted by Crippen LogP contribution is 2.30. The van der Waals surface area contributed by atoms with Crippen molar-refractivity contribution < 1.29 is 19.1 Å². The Morgan fingerprint density at radius 2 is 2.10 bits per heavy atom. The fourth-order valence-corrected chi connectivity index (χ4v) is 2.50. The van der Waals surface area contributed by atoms with Crippen LogP contribution >= 0.6 is 0 Å². The molecule has 1 heterocycles. The Morgan fingerprint density at radius 1 is 1.40 bits per heavy atom. The second kappa shape index (κ2) is 5.23. The summed E-state index contributed by atoms with van der Waals surface area (Å²) in [6, 6.07) is 4.35. The van der Waals surface area contributed by atoms with Gasteiger partial charge in [0.2, 0.25) is 0 Å². The van der Waals surface area contributed by atoms with E-state index in [0.717, 1.165) is 0 Å². The number of aryl methyl sites for hydroxylation is 1. The summed E-state index contributed by atoms with van der Waals surface area (Å²) in [5.41, 5.74) is -0.171. The molecule has 1 aliphatic rings. The molecule has 1 aromatic rings. The highest BCUT2D eigenvalue weighted by atomic mass is 19.1. The standard InChI is InChI=1S/C15H18FNO3/c1-10-4-5-11(8-12(10)16)13(18)17-7-3-6-15(2,9-17)14(19)20/h4-5,8H,3,6-7,9H2,1-2H3,(H,19,20). The molecular formula is C15H18FNO3. The molecule has 0 spiro atoms. The van der Waals surface area contributed by atoms with E-state index in [1.54, 1.807) is 26.0 Å². The van der Waals surface area contributed by atoms with E-state index in [-0.39, 0.29) is 18.0 Å². The molecule has 0 bridgehead atoms. The van der Waals surface area contributed by atoms with Crippen LogP contribution in [0, 0.1) is 18.2 Å². The molecule has 1 aliphatic heterocycles. The smallest absolute Gasteiger partial charge is 0.311 e. The van der Waals surface area contributed by atoms with E-state index in [0.29, 0.717) is 24.9 Å². The summed E-state index contributed by atoms with van der Waals surface area (Å²) < 4.78 is 13.5. The largest absolute Gasteiger partial charge is 0.481 e. The maximum atomic E-state index is 13.5. The van der Waals surface area contributed by atoms with E-state index in [4.69, 9.17) is 0 Å². The van der Waals surface area contributed by atoms with Gasteiger partial charge in [0.05, 0.1) is 5.41 Å². The first-order valence-corrected chi connectivity index (χ1v) is 6.62. The lowest BCUT2D eigenvalue weighted by Crippen LogP contribution is -2.48. The van der Waals surface area contributed by atoms with E-state index in [2.05, 4.69) is 0 Å². The number of hydrogen-bond acceptors (Lipinski definition) is 2. The molecule has 0 saturated carbocycles. The maximum absolute atomic E-state index is 13.5. The average molecular weight is 279 g/mol. The van der Waals surface area contributed by atoms with Gasteiger partial charge in [-0.05, 0) is 44.4 Å². The monoisotopic (exact) mass is 279 g/mol. The third-order valence-corrected chi connectivity index (χ3v) is 3.92. The molecule has 0 aromatic heterocycles. The first kappa shape index (κ1) is 14.5. The van der Waals surface area contributed by atoms with Crippen molar-refractivity contribution in [2.45, 2.75) is 26.7 Å². The number of carbonyl (C=O) groups is 2. The predicted octanol–water partition coefficient (Wildman–Crippen LogP) is 2.46. The van der Waals surface area contributed by atoms with Gasteiger partial charge in [-0.3, -0.25) is 9.59 Å². The Kier molecular flexibility index (Phi) is 3.79. The van der Waals surface area contributed by atoms with Gasteiger partial charge in [0.25, 0.3) is 5.91 Å². The third-order valence-electron chi connectivity index (χ3n) is 3.92. The van der Waals surface area contributed by atoms with Crippen molar-refractivity contribution in [2.75, 3.05) is 13.1 Å². The van der Waals surface area contributed by atoms with Crippen molar-refractivity contribution in [1.29, 1.82) is 0 Å². The van der Waals surface area contributed by atoms with Gasteiger partial charge in [0, 0.05) is 18.7 Å². The van der Waals surface area contributed by atoms with E-state index < -0.39 is 17.2 Å². The Balaban J connectivity index is 2.20. The summed E-state index contributed by atoms with van der Waals surface area (Å²) in [6.07, 6.45) is 1.19. The van der Waals surface area contributed by atoms with E-state index in [1.807, 2.05) is 0 Å². The molecule has 1 fully saturated rings. The Bertz CT molecular complexity index is 558. The number of carboxylic acid groups (broad SMARTS) is 1. The van der Waals surface area contributed by atoms with Crippen LogP contribution in [0.2, 0.25) is 0 Å². The molecular weight excluding hydrogens is 261 g/mol. The van der Waals surface area contributed by atoms with E-state index in [9.17, 15) is 19.1 Å². The molecule has 1 atom stereocenters. The van der Waals surface area contributed by atoms with E-state index >= 15 is 0 Å². The van der Waals surface area contributed by atoms with Crippen LogP contribution in [0.1, 0.15) is 35.7 Å². The zero-order chi connectivity index (χ0) is 14.9. The number of amides is 1. The number of carboxylic acids is 1. The van der Waals surface area contributed by atoms with Crippen LogP contribution in [0.15, 0.2) is 18.2 Å². The summed E-state index contributed by atoms with van der Waals surface area (Å²) in [4.78, 5) is 25.1. The van der Waals surface area contributed by atoms with Crippen molar-refractivity contribution >= 4 is 11.9 Å². The number of hydrogen-bond donors (Lipinski definition) is 1. The second-order valence-electron chi connectivity index (χ2n) is 5.66. The molecule has 0 aliphatic carbocycles. The topological polar surface area (TPSA) is 57.6 Å². The highest BCUT2D eigenvalue weighted by molar-refractivity contribution is 5.94. The van der Waals surface area contributed by atoms with Gasteiger partial charge >= 0.3 is 5.97 Å². The van der Waals surface area contributed by atoms with Gasteiger partial charge in [0.15, 0.2) is 0 Å². The number of benzene rings is 1. The average Bonchev–Trinajstić information content (AvgIpc) is 2.41. The van der Waals surface area contributed by atoms with Gasteiger partial charge in [-0.15, -0.1) is 0 Å². The van der Waals surface area contributed by atoms with E-state index in [1.165, 1.54) is 11.0 Å². The number of carbonyl (C=O) groups excluding carboxylic acids is 1. The van der Waals surface area contributed by atoms with Gasteiger partial charge in [-0.25, -0.2) is 4.39 Å². The minimum absolute atomic E-state index is 0.163. The maximum Gasteiger partial charge on any atom is 0.311 e. The first-order valence-electron chi connectivity index (χ1n) is 6.62. The van der Waals surface area contributed by atoms with Gasteiger partial charge < -0.3 is 10.0 Å². The number of halogens is 1. The van der Waals surface area contributed by atoms with Gasteiger partial charge in [-0.1, -0.05) is 6.07 Å². The number of likely N-dealkylation sites (tertiary alicyclic amines) is 1. The minimum atomic E-state index is -0.919. The Hall–Kier alpha value is -1.91. The quantitative estimate of drug-likeness (QED) is 0.904. The summed E-state index contributed by atoms with van der Waals surface area (Å²) in [5.74, 6) is -1.63. The van der Waals surface area contributed by atoms with Crippen LogP contribution in [0.25, 0.3) is 0 Å². The molecule has 20 heavy (non-hydrogen) atoms. The predicted molar refractivity (Wildman–Crippen MR) is 72.0 cm³/mol. The Morgan fingerprint density at radius 3 is 2.70 bits per heavy atom. The van der Waals surface area contributed by atoms with Crippen LogP contribution < -0.4 is 0 Å². The molecule has 4 nitrogen and oxygen atoms in total. The molecule has 1 unspecified atom stereocenters. The summed E-state index contributed by atoms with van der Waals surface area (Å²) in [5, 5.41) is 9.25. The van der Waals surface area contributed by atoms with Gasteiger partial charge in [-0.2, -0.15) is 0 Å². The zero-order valence-electron chi connectivity index (χ0n) is 11.6. The van der Waals surface area contributed by atoms with Crippen molar-refractivity contribution in [3.05, 3.63) is 35.1 Å². The molecule has 1 amide bonds. The third kappa shape index (κ3) is 2.66. The molecule has 1 aromatic carbocycles. The van der Waals surface area contributed by atoms with Gasteiger partial charge in [0.1, 0.15) is 5.82 Å². The van der Waals surface area contributed by atoms with Crippen LogP contribution in [0.3, 0.4) is 0 Å². The molecule has 1 saturated heterocycles. The van der Waals surface area contributed by atoms with Crippen molar-refractivity contribution in [1.82, 2.24) is 4.90 Å². The number of piperidine rings is 1. The number of nitrogens with zero attached hydrogens (tertiary/aromatic N) is 1. The fourth-order valence-electron chi connectivity index (χ4n) is 2.50. The first-order chi connectivity index (χ1) is 9.33. The normalized spacial score (nSPS) is 22.6. The Labute approximate surface area is 117 Å². The summed E-state index contributed by atoms with van der Waals surface area (Å²) in [7, 11) is 0. The molecule has 108 valence electrons. The lowest BCUT2D eigenvalue weighted by Gasteiger charge is -2.37. The van der Waals surface area contributed by atoms with Crippen molar-refractivity contribution in [3.8, 4) is 0 Å². The number of aliphatic carboxylic acids is 1. The van der Waals surface area contributed by atoms with Crippen LogP contribution in [0.4, 0.5) is 4.39 Å². The summed E-state index contributed by atoms with van der Waals surface area (Å²) >= 11 is 0. The lowest BCUT2D eigenvalue weighted by atomic mass is 9.82. The zero-order valence-corrected chi connectivity index (χ0v) is 11.6. The molecule has 2 rings (SSSR count). The lowest BCUT2D eigenvalue weighted by molar-refractivity contribution is -0.150. The van der Waals surface area contributed by atoms with Crippen LogP contribution in [0.5, 0.6) is 0 Å². The van der Waals surface area contributed by atoms with Crippen LogP contribution in [-0.4, -0.2) is 35.0 Å². The number of rotatable bonds is 2. The summed E-state index contributed by atoms with van der Waals surface area (Å²) in [6.45, 7) is 3.95. The molecule has 0 radical (unpaired) electrons. The SMILES string of the molecule is Cc1ccc(C(=O)N2CCCC(C)(C(=O)O)C2)cc1F. The molecule has 1 N–H and O–H groups in total. The van der Waals surface area contributed by atoms with Crippen molar-refractivity contribution in [2.24, 2.45) is 5.41 Å². The fraction of sp³-hybridized carbons (Fsp3) is 0.467. The second-order valence-corrected chi connectivity index (χ2v) is 5.66. The van der Waals surface area contributed by atoms with Crippen molar-refractivity contribution in [3.63, 3.8) is 0 Å². The minimum Gasteiger partial charge on any atom is -0.481 e. The highest BCUT2D eigenvalue weighted by Gasteiger charge is 2.39. The van der Waals surface area contributed by atoms with Crippen LogP contribution in [-0.2, 0) is 4.79 Å².